The van der Waals surface area contributed by atoms with Gasteiger partial charge in [0.15, 0.2) is 0 Å². The zero-order valence-electron chi connectivity index (χ0n) is 15.1. The molecule has 0 amide bonds. The van der Waals surface area contributed by atoms with Crippen LogP contribution in [0.2, 0.25) is 0 Å². The summed E-state index contributed by atoms with van der Waals surface area (Å²) in [5.41, 5.74) is 4.01. The first-order valence-corrected chi connectivity index (χ1v) is 9.18. The number of benzene rings is 2. The van der Waals surface area contributed by atoms with Gasteiger partial charge in [-0.1, -0.05) is 84.5 Å². The van der Waals surface area contributed by atoms with Gasteiger partial charge in [0.25, 0.3) is 0 Å². The fourth-order valence-corrected chi connectivity index (χ4v) is 3.26. The maximum Gasteiger partial charge on any atom is 0.0194 e. The molecular weight excluding hydrogens is 304 g/mol. The third-order valence-electron chi connectivity index (χ3n) is 4.62. The molecule has 25 heavy (non-hydrogen) atoms. The van der Waals surface area contributed by atoms with Crippen LogP contribution in [0, 0.1) is 0 Å². The van der Waals surface area contributed by atoms with Crippen molar-refractivity contribution in [1.29, 1.82) is 0 Å². The lowest BCUT2D eigenvalue weighted by Gasteiger charge is -2.34. The van der Waals surface area contributed by atoms with Gasteiger partial charge in [0, 0.05) is 39.3 Å². The van der Waals surface area contributed by atoms with E-state index in [1.165, 1.54) is 16.7 Å². The molecule has 0 unspecified atom stereocenters. The molecule has 0 bridgehead atoms. The second kappa shape index (κ2) is 9.36. The lowest BCUT2D eigenvalue weighted by atomic mass is 10.1. The van der Waals surface area contributed by atoms with E-state index in [1.54, 1.807) is 0 Å². The van der Waals surface area contributed by atoms with Gasteiger partial charge in [-0.3, -0.25) is 9.80 Å². The second-order valence-corrected chi connectivity index (χ2v) is 6.79. The van der Waals surface area contributed by atoms with E-state index in [0.29, 0.717) is 0 Å². The minimum absolute atomic E-state index is 1.04. The Morgan fingerprint density at radius 2 is 1.36 bits per heavy atom. The molecule has 0 aromatic heterocycles. The normalized spacial score (nSPS) is 17.2. The maximum atomic E-state index is 2.56. The fourth-order valence-electron chi connectivity index (χ4n) is 3.26. The van der Waals surface area contributed by atoms with Gasteiger partial charge in [-0.25, -0.2) is 0 Å². The van der Waals surface area contributed by atoms with Gasteiger partial charge in [-0.2, -0.15) is 0 Å². The molecule has 1 heterocycles. The molecule has 1 aliphatic rings. The Morgan fingerprint density at radius 3 is 2.00 bits per heavy atom. The number of rotatable bonds is 6. The molecule has 0 N–H and O–H groups in total. The maximum absolute atomic E-state index is 2.56. The van der Waals surface area contributed by atoms with Gasteiger partial charge in [0.2, 0.25) is 0 Å². The molecule has 2 heteroatoms. The van der Waals surface area contributed by atoms with Crippen molar-refractivity contribution in [3.8, 4) is 0 Å². The van der Waals surface area contributed by atoms with Crippen LogP contribution < -0.4 is 0 Å². The van der Waals surface area contributed by atoms with Crippen molar-refractivity contribution in [2.75, 3.05) is 39.3 Å². The highest BCUT2D eigenvalue weighted by Crippen LogP contribution is 2.10. The number of piperazine rings is 1. The average molecular weight is 332 g/mol. The molecule has 1 saturated heterocycles. The Morgan fingerprint density at radius 1 is 0.800 bits per heavy atom. The van der Waals surface area contributed by atoms with Crippen molar-refractivity contribution in [3.05, 3.63) is 83.4 Å². The molecule has 3 rings (SSSR count). The van der Waals surface area contributed by atoms with Crippen LogP contribution in [0.1, 0.15) is 18.1 Å². The molecule has 0 spiro atoms. The summed E-state index contributed by atoms with van der Waals surface area (Å²) in [4.78, 5) is 5.10. The van der Waals surface area contributed by atoms with Crippen molar-refractivity contribution in [3.63, 3.8) is 0 Å². The van der Waals surface area contributed by atoms with Crippen LogP contribution >= 0.6 is 0 Å². The smallest absolute Gasteiger partial charge is 0.0194 e. The first kappa shape index (κ1) is 17.7. The number of hydrogen-bond donors (Lipinski definition) is 0. The van der Waals surface area contributed by atoms with Crippen molar-refractivity contribution < 1.29 is 0 Å². The minimum atomic E-state index is 1.04. The van der Waals surface area contributed by atoms with Gasteiger partial charge in [-0.05, 0) is 18.1 Å². The molecule has 1 fully saturated rings. The third-order valence-corrected chi connectivity index (χ3v) is 4.62. The molecule has 130 valence electrons. The number of hydrogen-bond acceptors (Lipinski definition) is 2. The highest BCUT2D eigenvalue weighted by atomic mass is 15.3. The van der Waals surface area contributed by atoms with Crippen LogP contribution in [0.5, 0.6) is 0 Å². The van der Waals surface area contributed by atoms with Crippen LogP contribution in [-0.2, 0) is 0 Å². The molecule has 0 atom stereocenters. The largest absolute Gasteiger partial charge is 0.297 e. The average Bonchev–Trinajstić information content (AvgIpc) is 2.65. The minimum Gasteiger partial charge on any atom is -0.297 e. The summed E-state index contributed by atoms with van der Waals surface area (Å²) in [5.74, 6) is 0. The van der Waals surface area contributed by atoms with Crippen molar-refractivity contribution in [1.82, 2.24) is 9.80 Å². The standard InChI is InChI=1S/C23H28N2/c1-21(19-23-11-6-3-7-12-23)20-25-17-15-24(16-18-25)14-8-13-22-9-4-2-5-10-22/h2-13,19H,14-18,20H2,1H3/b13-8+,21-19+. The Bertz CT molecular complexity index is 681. The SMILES string of the molecule is C/C(=C\c1ccccc1)CN1CCN(C/C=C/c2ccccc2)CC1. The van der Waals surface area contributed by atoms with Crippen molar-refractivity contribution in [2.24, 2.45) is 0 Å². The van der Waals surface area contributed by atoms with E-state index in [0.717, 1.165) is 39.3 Å². The molecular formula is C23H28N2. The molecule has 1 aliphatic heterocycles. The van der Waals surface area contributed by atoms with E-state index in [-0.39, 0.29) is 0 Å². The summed E-state index contributed by atoms with van der Waals surface area (Å²) in [6.45, 7) is 8.96. The topological polar surface area (TPSA) is 6.48 Å². The van der Waals surface area contributed by atoms with Crippen molar-refractivity contribution >= 4 is 12.2 Å². The lowest BCUT2D eigenvalue weighted by Crippen LogP contribution is -2.46. The van der Waals surface area contributed by atoms with Gasteiger partial charge in [-0.15, -0.1) is 0 Å². The summed E-state index contributed by atoms with van der Waals surface area (Å²) in [7, 11) is 0. The van der Waals surface area contributed by atoms with Crippen molar-refractivity contribution in [2.45, 2.75) is 6.92 Å². The predicted molar refractivity (Wildman–Crippen MR) is 108 cm³/mol. The molecule has 0 saturated carbocycles. The van der Waals surface area contributed by atoms with Crippen LogP contribution in [0.4, 0.5) is 0 Å². The lowest BCUT2D eigenvalue weighted by molar-refractivity contribution is 0.152. The van der Waals surface area contributed by atoms with Crippen LogP contribution in [0.25, 0.3) is 12.2 Å². The Kier molecular flexibility index (Phi) is 6.61. The molecule has 0 radical (unpaired) electrons. The van der Waals surface area contributed by atoms with E-state index in [9.17, 15) is 0 Å². The van der Waals surface area contributed by atoms with Crippen LogP contribution in [0.15, 0.2) is 72.3 Å². The van der Waals surface area contributed by atoms with E-state index < -0.39 is 0 Å². The summed E-state index contributed by atoms with van der Waals surface area (Å²) >= 11 is 0. The van der Waals surface area contributed by atoms with Gasteiger partial charge in [0.1, 0.15) is 0 Å². The van der Waals surface area contributed by atoms with Crippen LogP contribution in [0.3, 0.4) is 0 Å². The first-order valence-electron chi connectivity index (χ1n) is 9.18. The second-order valence-electron chi connectivity index (χ2n) is 6.79. The van der Waals surface area contributed by atoms with E-state index in [2.05, 4.69) is 95.6 Å². The zero-order valence-corrected chi connectivity index (χ0v) is 15.1. The van der Waals surface area contributed by atoms with E-state index in [1.807, 2.05) is 0 Å². The Hall–Kier alpha value is -2.16. The van der Waals surface area contributed by atoms with E-state index >= 15 is 0 Å². The highest BCUT2D eigenvalue weighted by Gasteiger charge is 2.15. The van der Waals surface area contributed by atoms with Crippen LogP contribution in [-0.4, -0.2) is 49.1 Å². The van der Waals surface area contributed by atoms with Gasteiger partial charge in [0.05, 0.1) is 0 Å². The predicted octanol–water partition coefficient (Wildman–Crippen LogP) is 4.42. The highest BCUT2D eigenvalue weighted by molar-refractivity contribution is 5.52. The third kappa shape index (κ3) is 6.00. The monoisotopic (exact) mass is 332 g/mol. The summed E-state index contributed by atoms with van der Waals surface area (Å²) in [6, 6.07) is 21.1. The number of nitrogens with zero attached hydrogens (tertiary/aromatic N) is 2. The Balaban J connectivity index is 1.41. The summed E-state index contributed by atoms with van der Waals surface area (Å²) in [6.07, 6.45) is 6.81. The fraction of sp³-hybridized carbons (Fsp3) is 0.304. The molecule has 2 aromatic carbocycles. The Labute approximate surface area is 152 Å². The van der Waals surface area contributed by atoms with Gasteiger partial charge < -0.3 is 0 Å². The van der Waals surface area contributed by atoms with Gasteiger partial charge >= 0.3 is 0 Å². The summed E-state index contributed by atoms with van der Waals surface area (Å²) < 4.78 is 0. The first-order chi connectivity index (χ1) is 12.3. The molecule has 0 aliphatic carbocycles. The quantitative estimate of drug-likeness (QED) is 0.772. The zero-order chi connectivity index (χ0) is 17.3. The molecule has 2 nitrogen and oxygen atoms in total. The molecule has 2 aromatic rings. The summed E-state index contributed by atoms with van der Waals surface area (Å²) in [5, 5.41) is 0. The van der Waals surface area contributed by atoms with E-state index in [4.69, 9.17) is 0 Å².